The van der Waals surface area contributed by atoms with E-state index >= 15 is 0 Å². The Balaban J connectivity index is 1.98. The van der Waals surface area contributed by atoms with Crippen LogP contribution in [0.1, 0.15) is 11.3 Å². The van der Waals surface area contributed by atoms with Crippen molar-refractivity contribution >= 4 is 22.4 Å². The van der Waals surface area contributed by atoms with Crippen molar-refractivity contribution in [2.24, 2.45) is 0 Å². The lowest BCUT2D eigenvalue weighted by Crippen LogP contribution is -2.24. The topological polar surface area (TPSA) is 22.0 Å². The maximum atomic E-state index is 13.3. The number of hydrogen-bond acceptors (Lipinski definition) is 1. The number of hydrogen-bond donors (Lipinski definition) is 0. The Kier molecular flexibility index (Phi) is 3.16. The first-order chi connectivity index (χ1) is 12.6. The van der Waals surface area contributed by atoms with Gasteiger partial charge in [0.1, 0.15) is 0 Å². The molecule has 1 aromatic heterocycles. The molecule has 2 nitrogen and oxygen atoms in total. The third-order valence-corrected chi connectivity index (χ3v) is 5.70. The molecule has 0 atom stereocenters. The standard InChI is InChI=1S/C23H16ClNO/c1-13-20-16-9-5-7-15-8-6-10-17(22(15)16)21(20)14(2)25(23(13)26)19-12-4-3-11-18(19)24/h3-12H,1-2H3. The zero-order chi connectivity index (χ0) is 18.0. The summed E-state index contributed by atoms with van der Waals surface area (Å²) in [7, 11) is 0. The molecule has 0 spiro atoms. The Bertz CT molecular complexity index is 1280. The molecular weight excluding hydrogens is 342 g/mol. The quantitative estimate of drug-likeness (QED) is 0.365. The second kappa shape index (κ2) is 5.33. The Morgan fingerprint density at radius 2 is 1.46 bits per heavy atom. The number of fused-ring (bicyclic) bond motifs is 3. The Morgan fingerprint density at radius 3 is 2.15 bits per heavy atom. The van der Waals surface area contributed by atoms with Crippen LogP contribution in [0.3, 0.4) is 0 Å². The fraction of sp³-hybridized carbons (Fsp3) is 0.0870. The summed E-state index contributed by atoms with van der Waals surface area (Å²) in [4.78, 5) is 13.3. The minimum Gasteiger partial charge on any atom is -0.279 e. The molecule has 0 saturated carbocycles. The molecule has 1 aliphatic rings. The molecule has 0 unspecified atom stereocenters. The van der Waals surface area contributed by atoms with E-state index in [0.717, 1.165) is 33.6 Å². The Hall–Kier alpha value is -2.84. The Morgan fingerprint density at radius 1 is 0.808 bits per heavy atom. The van der Waals surface area contributed by atoms with Gasteiger partial charge in [0.15, 0.2) is 0 Å². The predicted octanol–water partition coefficient (Wildman–Crippen LogP) is 5.91. The maximum absolute atomic E-state index is 13.3. The number of pyridine rings is 1. The van der Waals surface area contributed by atoms with Crippen LogP contribution < -0.4 is 5.56 Å². The SMILES string of the molecule is Cc1c2c(c(C)n(-c3ccccc3Cl)c1=O)-c1cccc3cccc-2c13. The van der Waals surface area contributed by atoms with Gasteiger partial charge in [0.05, 0.1) is 10.7 Å². The molecule has 0 fully saturated rings. The van der Waals surface area contributed by atoms with Crippen LogP contribution in [0.4, 0.5) is 0 Å². The molecule has 5 rings (SSSR count). The molecule has 26 heavy (non-hydrogen) atoms. The zero-order valence-corrected chi connectivity index (χ0v) is 15.3. The van der Waals surface area contributed by atoms with Gasteiger partial charge in [-0.2, -0.15) is 0 Å². The van der Waals surface area contributed by atoms with E-state index in [9.17, 15) is 4.79 Å². The summed E-state index contributed by atoms with van der Waals surface area (Å²) in [5.41, 5.74) is 6.93. The first-order valence-electron chi connectivity index (χ1n) is 8.63. The zero-order valence-electron chi connectivity index (χ0n) is 14.5. The second-order valence-corrected chi connectivity index (χ2v) is 7.17. The molecule has 0 bridgehead atoms. The second-order valence-electron chi connectivity index (χ2n) is 6.76. The van der Waals surface area contributed by atoms with Crippen molar-refractivity contribution in [2.45, 2.75) is 13.8 Å². The minimum atomic E-state index is -0.0147. The highest BCUT2D eigenvalue weighted by atomic mass is 35.5. The summed E-state index contributed by atoms with van der Waals surface area (Å²) in [6.45, 7) is 3.92. The van der Waals surface area contributed by atoms with Crippen molar-refractivity contribution < 1.29 is 0 Å². The van der Waals surface area contributed by atoms with Crippen LogP contribution in [0.5, 0.6) is 0 Å². The van der Waals surface area contributed by atoms with Gasteiger partial charge < -0.3 is 0 Å². The first kappa shape index (κ1) is 15.4. The van der Waals surface area contributed by atoms with Crippen molar-refractivity contribution in [3.05, 3.63) is 87.3 Å². The van der Waals surface area contributed by atoms with Crippen LogP contribution in [-0.4, -0.2) is 4.57 Å². The molecule has 0 aliphatic heterocycles. The summed E-state index contributed by atoms with van der Waals surface area (Å²) in [5, 5.41) is 3.00. The van der Waals surface area contributed by atoms with Crippen molar-refractivity contribution in [3.63, 3.8) is 0 Å². The molecule has 0 saturated heterocycles. The monoisotopic (exact) mass is 357 g/mol. The molecule has 1 heterocycles. The maximum Gasteiger partial charge on any atom is 0.258 e. The minimum absolute atomic E-state index is 0.0147. The van der Waals surface area contributed by atoms with Gasteiger partial charge in [0, 0.05) is 22.4 Å². The first-order valence-corrected chi connectivity index (χ1v) is 9.01. The summed E-state index contributed by atoms with van der Waals surface area (Å²) in [5.74, 6) is 0. The fourth-order valence-electron chi connectivity index (χ4n) is 4.25. The van der Waals surface area contributed by atoms with Crippen molar-refractivity contribution in [2.75, 3.05) is 0 Å². The highest BCUT2D eigenvalue weighted by Crippen LogP contribution is 2.49. The summed E-state index contributed by atoms with van der Waals surface area (Å²) in [6.07, 6.45) is 0. The van der Waals surface area contributed by atoms with E-state index < -0.39 is 0 Å². The molecular formula is C23H16ClNO. The van der Waals surface area contributed by atoms with Gasteiger partial charge in [-0.3, -0.25) is 9.36 Å². The Labute approximate surface area is 156 Å². The average molecular weight is 358 g/mol. The van der Waals surface area contributed by atoms with E-state index in [1.165, 1.54) is 16.3 Å². The molecule has 0 radical (unpaired) electrons. The van der Waals surface area contributed by atoms with Crippen LogP contribution >= 0.6 is 11.6 Å². The smallest absolute Gasteiger partial charge is 0.258 e. The number of rotatable bonds is 1. The van der Waals surface area contributed by atoms with E-state index in [4.69, 9.17) is 11.6 Å². The molecule has 0 N–H and O–H groups in total. The molecule has 0 amide bonds. The number of para-hydroxylation sites is 1. The van der Waals surface area contributed by atoms with Crippen molar-refractivity contribution in [1.29, 1.82) is 0 Å². The van der Waals surface area contributed by atoms with Crippen LogP contribution in [0.15, 0.2) is 65.5 Å². The van der Waals surface area contributed by atoms with Crippen LogP contribution in [0.25, 0.3) is 38.7 Å². The van der Waals surface area contributed by atoms with Gasteiger partial charge in [0.2, 0.25) is 0 Å². The van der Waals surface area contributed by atoms with E-state index in [1.54, 1.807) is 4.57 Å². The largest absolute Gasteiger partial charge is 0.279 e. The lowest BCUT2D eigenvalue weighted by Gasteiger charge is -2.18. The van der Waals surface area contributed by atoms with Gasteiger partial charge >= 0.3 is 0 Å². The highest BCUT2D eigenvalue weighted by molar-refractivity contribution is 6.32. The lowest BCUT2D eigenvalue weighted by molar-refractivity contribution is 0.926. The van der Waals surface area contributed by atoms with Gasteiger partial charge in [-0.1, -0.05) is 60.1 Å². The van der Waals surface area contributed by atoms with Gasteiger partial charge in [-0.05, 0) is 47.9 Å². The van der Waals surface area contributed by atoms with Crippen molar-refractivity contribution in [3.8, 4) is 27.9 Å². The lowest BCUT2D eigenvalue weighted by atomic mass is 9.98. The normalized spacial score (nSPS) is 11.8. The van der Waals surface area contributed by atoms with E-state index in [1.807, 2.05) is 38.1 Å². The van der Waals surface area contributed by atoms with Crippen LogP contribution in [-0.2, 0) is 0 Å². The highest BCUT2D eigenvalue weighted by Gasteiger charge is 2.28. The number of halogens is 1. The third-order valence-electron chi connectivity index (χ3n) is 5.38. The summed E-state index contributed by atoms with van der Waals surface area (Å²) >= 11 is 6.42. The average Bonchev–Trinajstić information content (AvgIpc) is 2.99. The summed E-state index contributed by atoms with van der Waals surface area (Å²) in [6, 6.07) is 20.1. The number of nitrogens with zero attached hydrogens (tertiary/aromatic N) is 1. The number of benzene rings is 3. The third kappa shape index (κ3) is 1.85. The van der Waals surface area contributed by atoms with E-state index in [-0.39, 0.29) is 5.56 Å². The molecule has 3 heteroatoms. The van der Waals surface area contributed by atoms with Crippen LogP contribution in [0, 0.1) is 13.8 Å². The molecule has 3 aromatic carbocycles. The van der Waals surface area contributed by atoms with Gasteiger partial charge in [0.25, 0.3) is 5.56 Å². The van der Waals surface area contributed by atoms with E-state index in [0.29, 0.717) is 5.02 Å². The molecule has 4 aromatic rings. The predicted molar refractivity (Wildman–Crippen MR) is 108 cm³/mol. The number of aromatic nitrogens is 1. The fourth-order valence-corrected chi connectivity index (χ4v) is 4.47. The molecule has 1 aliphatic carbocycles. The van der Waals surface area contributed by atoms with Gasteiger partial charge in [-0.15, -0.1) is 0 Å². The molecule has 126 valence electrons. The summed E-state index contributed by atoms with van der Waals surface area (Å²) < 4.78 is 1.75. The van der Waals surface area contributed by atoms with E-state index in [2.05, 4.69) is 36.4 Å². The van der Waals surface area contributed by atoms with Crippen LogP contribution in [0.2, 0.25) is 5.02 Å². The van der Waals surface area contributed by atoms with Crippen molar-refractivity contribution in [1.82, 2.24) is 4.57 Å². The van der Waals surface area contributed by atoms with Gasteiger partial charge in [-0.25, -0.2) is 0 Å².